The molecule has 4 rings (SSSR count). The van der Waals surface area contributed by atoms with Crippen LogP contribution < -0.4 is 5.56 Å². The predicted molar refractivity (Wildman–Crippen MR) is 114 cm³/mol. The Balaban J connectivity index is 1.63. The lowest BCUT2D eigenvalue weighted by Gasteiger charge is -2.10. The van der Waals surface area contributed by atoms with Crippen LogP contribution in [-0.4, -0.2) is 14.5 Å². The number of thiophene rings is 1. The van der Waals surface area contributed by atoms with Crippen molar-refractivity contribution in [1.82, 2.24) is 14.5 Å². The van der Waals surface area contributed by atoms with Gasteiger partial charge in [0.1, 0.15) is 5.01 Å². The van der Waals surface area contributed by atoms with E-state index in [1.54, 1.807) is 39.0 Å². The van der Waals surface area contributed by atoms with Crippen molar-refractivity contribution >= 4 is 61.3 Å². The summed E-state index contributed by atoms with van der Waals surface area (Å²) in [6.07, 6.45) is 0. The molecule has 0 aliphatic heterocycles. The first-order valence-corrected chi connectivity index (χ1v) is 11.5. The zero-order valence-corrected chi connectivity index (χ0v) is 17.8. The molecular formula is C18H14BrN3OS3. The Morgan fingerprint density at radius 2 is 2.12 bits per heavy atom. The first-order chi connectivity index (χ1) is 12.7. The lowest BCUT2D eigenvalue weighted by molar-refractivity contribution is 0.634. The van der Waals surface area contributed by atoms with Crippen molar-refractivity contribution in [2.75, 3.05) is 0 Å². The maximum atomic E-state index is 12.8. The van der Waals surface area contributed by atoms with Crippen LogP contribution in [0.3, 0.4) is 0 Å². The van der Waals surface area contributed by atoms with E-state index in [9.17, 15) is 4.79 Å². The summed E-state index contributed by atoms with van der Waals surface area (Å²) in [6.45, 7) is 2.56. The summed E-state index contributed by atoms with van der Waals surface area (Å²) >= 11 is 8.33. The molecular weight excluding hydrogens is 450 g/mol. The molecule has 1 aromatic carbocycles. The largest absolute Gasteiger partial charge is 0.287 e. The van der Waals surface area contributed by atoms with E-state index in [1.165, 1.54) is 4.88 Å². The normalized spacial score (nSPS) is 11.3. The number of nitrogens with zero attached hydrogens (tertiary/aromatic N) is 3. The number of benzene rings is 1. The number of halogens is 1. The molecule has 0 atom stereocenters. The molecule has 3 aromatic heterocycles. The molecule has 0 saturated carbocycles. The Hall–Kier alpha value is -1.48. The molecule has 0 spiro atoms. The van der Waals surface area contributed by atoms with Gasteiger partial charge in [-0.1, -0.05) is 33.8 Å². The van der Waals surface area contributed by atoms with Gasteiger partial charge in [-0.3, -0.25) is 9.36 Å². The third-order valence-corrected chi connectivity index (χ3v) is 7.26. The van der Waals surface area contributed by atoms with Crippen molar-refractivity contribution in [2.45, 2.75) is 24.4 Å². The quantitative estimate of drug-likeness (QED) is 0.283. The van der Waals surface area contributed by atoms with Crippen LogP contribution in [0.25, 0.3) is 20.8 Å². The number of rotatable bonds is 5. The molecule has 8 heteroatoms. The van der Waals surface area contributed by atoms with Crippen LogP contribution in [0.5, 0.6) is 0 Å². The first-order valence-electron chi connectivity index (χ1n) is 7.97. The van der Waals surface area contributed by atoms with Crippen LogP contribution in [0.2, 0.25) is 0 Å². The highest BCUT2D eigenvalue weighted by Gasteiger charge is 2.12. The zero-order chi connectivity index (χ0) is 18.1. The minimum absolute atomic E-state index is 0.00106. The summed E-state index contributed by atoms with van der Waals surface area (Å²) in [5.41, 5.74) is 1.73. The fraction of sp³-hybridized carbons (Fsp3) is 0.167. The number of thioether (sulfide) groups is 1. The fourth-order valence-corrected chi connectivity index (χ4v) is 5.64. The molecule has 0 aliphatic carbocycles. The van der Waals surface area contributed by atoms with E-state index < -0.39 is 0 Å². The smallest absolute Gasteiger partial charge is 0.262 e. The maximum absolute atomic E-state index is 12.8. The molecule has 0 N–H and O–H groups in total. The van der Waals surface area contributed by atoms with E-state index in [0.717, 1.165) is 25.8 Å². The van der Waals surface area contributed by atoms with E-state index in [4.69, 9.17) is 9.97 Å². The van der Waals surface area contributed by atoms with Gasteiger partial charge in [-0.25, -0.2) is 9.97 Å². The minimum atomic E-state index is -0.00106. The number of fused-ring (bicyclic) bond motifs is 1. The van der Waals surface area contributed by atoms with Crippen LogP contribution in [0.15, 0.2) is 55.5 Å². The maximum Gasteiger partial charge on any atom is 0.262 e. The van der Waals surface area contributed by atoms with Gasteiger partial charge in [0.25, 0.3) is 5.56 Å². The van der Waals surface area contributed by atoms with Crippen molar-refractivity contribution in [1.29, 1.82) is 0 Å². The monoisotopic (exact) mass is 463 g/mol. The van der Waals surface area contributed by atoms with E-state index in [0.29, 0.717) is 17.7 Å². The Bertz CT molecular complexity index is 1120. The molecule has 0 amide bonds. The lowest BCUT2D eigenvalue weighted by Crippen LogP contribution is -2.22. The van der Waals surface area contributed by atoms with E-state index >= 15 is 0 Å². The van der Waals surface area contributed by atoms with Crippen LogP contribution in [0, 0.1) is 0 Å². The van der Waals surface area contributed by atoms with Crippen LogP contribution in [0.4, 0.5) is 0 Å². The fourth-order valence-electron chi connectivity index (χ4n) is 2.59. The van der Waals surface area contributed by atoms with Gasteiger partial charge in [0.15, 0.2) is 5.16 Å². The first kappa shape index (κ1) is 17.9. The summed E-state index contributed by atoms with van der Waals surface area (Å²) in [5, 5.41) is 6.55. The van der Waals surface area contributed by atoms with Gasteiger partial charge >= 0.3 is 0 Å². The third-order valence-electron chi connectivity index (χ3n) is 3.83. The molecule has 4 nitrogen and oxygen atoms in total. The van der Waals surface area contributed by atoms with Gasteiger partial charge in [-0.15, -0.1) is 22.7 Å². The second-order valence-corrected chi connectivity index (χ2v) is 9.18. The molecule has 4 aromatic rings. The molecule has 0 bridgehead atoms. The topological polar surface area (TPSA) is 47.8 Å². The predicted octanol–water partition coefficient (Wildman–Crippen LogP) is 5.66. The van der Waals surface area contributed by atoms with Gasteiger partial charge in [-0.2, -0.15) is 0 Å². The second-order valence-electron chi connectivity index (χ2n) is 5.52. The minimum Gasteiger partial charge on any atom is -0.287 e. The number of thiazole rings is 1. The highest BCUT2D eigenvalue weighted by Crippen LogP contribution is 2.30. The molecule has 0 saturated heterocycles. The standard InChI is InChI=1S/C18H14BrN3OS3/c1-2-22-17(23)13-8-11(19)5-6-14(13)21-18(22)26-10-12-9-25-16(20-12)15-4-3-7-24-15/h3-9H,2,10H2,1H3. The van der Waals surface area contributed by atoms with Gasteiger partial charge in [0.05, 0.1) is 21.5 Å². The van der Waals surface area contributed by atoms with Gasteiger partial charge < -0.3 is 0 Å². The van der Waals surface area contributed by atoms with Crippen LogP contribution >= 0.6 is 50.4 Å². The van der Waals surface area contributed by atoms with E-state index in [1.807, 2.05) is 31.2 Å². The Kier molecular flexibility index (Phi) is 5.26. The van der Waals surface area contributed by atoms with Crippen molar-refractivity contribution in [3.8, 4) is 9.88 Å². The highest BCUT2D eigenvalue weighted by atomic mass is 79.9. The molecule has 26 heavy (non-hydrogen) atoms. The molecule has 0 radical (unpaired) electrons. The average Bonchev–Trinajstić information content (AvgIpc) is 3.32. The van der Waals surface area contributed by atoms with Crippen molar-refractivity contribution in [2.24, 2.45) is 0 Å². The molecule has 132 valence electrons. The summed E-state index contributed by atoms with van der Waals surface area (Å²) in [5.74, 6) is 0.691. The molecule has 3 heterocycles. The van der Waals surface area contributed by atoms with Crippen LogP contribution in [0.1, 0.15) is 12.6 Å². The summed E-state index contributed by atoms with van der Waals surface area (Å²) in [6, 6.07) is 9.74. The van der Waals surface area contributed by atoms with Crippen molar-refractivity contribution < 1.29 is 0 Å². The number of hydrogen-bond acceptors (Lipinski definition) is 6. The Morgan fingerprint density at radius 1 is 1.23 bits per heavy atom. The van der Waals surface area contributed by atoms with E-state index in [2.05, 4.69) is 32.8 Å². The highest BCUT2D eigenvalue weighted by molar-refractivity contribution is 9.10. The third kappa shape index (κ3) is 3.51. The second kappa shape index (κ2) is 7.64. The SMILES string of the molecule is CCn1c(SCc2csc(-c3cccs3)n2)nc2ccc(Br)cc2c1=O. The number of hydrogen-bond donors (Lipinski definition) is 0. The van der Waals surface area contributed by atoms with Gasteiger partial charge in [0, 0.05) is 22.2 Å². The molecule has 0 aliphatic rings. The zero-order valence-electron chi connectivity index (χ0n) is 13.8. The Labute approximate surface area is 171 Å². The number of aromatic nitrogens is 3. The molecule has 0 unspecified atom stereocenters. The van der Waals surface area contributed by atoms with E-state index in [-0.39, 0.29) is 5.56 Å². The van der Waals surface area contributed by atoms with Crippen molar-refractivity contribution in [3.63, 3.8) is 0 Å². The lowest BCUT2D eigenvalue weighted by atomic mass is 10.2. The average molecular weight is 464 g/mol. The van der Waals surface area contributed by atoms with Gasteiger partial charge in [-0.05, 0) is 36.6 Å². The summed E-state index contributed by atoms with van der Waals surface area (Å²) in [4.78, 5) is 23.4. The summed E-state index contributed by atoms with van der Waals surface area (Å²) in [7, 11) is 0. The summed E-state index contributed by atoms with van der Waals surface area (Å²) < 4.78 is 2.61. The van der Waals surface area contributed by atoms with Crippen molar-refractivity contribution in [3.05, 3.63) is 61.6 Å². The molecule has 0 fully saturated rings. The van der Waals surface area contributed by atoms with Crippen LogP contribution in [-0.2, 0) is 12.3 Å². The van der Waals surface area contributed by atoms with Gasteiger partial charge in [0.2, 0.25) is 0 Å². The Morgan fingerprint density at radius 3 is 2.88 bits per heavy atom.